The minimum absolute atomic E-state index is 0.873. The van der Waals surface area contributed by atoms with E-state index in [1.165, 1.54) is 71.1 Å². The summed E-state index contributed by atoms with van der Waals surface area (Å²) in [6.07, 6.45) is 8.91. The third-order valence-electron chi connectivity index (χ3n) is 6.86. The lowest BCUT2D eigenvalue weighted by Gasteiger charge is -2.15. The van der Waals surface area contributed by atoms with Crippen LogP contribution in [0.1, 0.15) is 42.9 Å². The molecule has 0 bridgehead atoms. The molecule has 0 saturated carbocycles. The van der Waals surface area contributed by atoms with Crippen molar-refractivity contribution in [3.8, 4) is 11.1 Å². The second kappa shape index (κ2) is 10.4. The molecule has 0 atom stereocenters. The SMILES string of the molecule is CCCN(C)CCCCc1ccc(Nc2ccc(-c3c[nH]c4ccccc34)c3c2CNC3)nc1. The maximum Gasteiger partial charge on any atom is 0.130 e. The summed E-state index contributed by atoms with van der Waals surface area (Å²) in [5.74, 6) is 0.903. The minimum atomic E-state index is 0.873. The van der Waals surface area contributed by atoms with Crippen LogP contribution in [0, 0.1) is 0 Å². The van der Waals surface area contributed by atoms with Crippen molar-refractivity contribution in [1.29, 1.82) is 0 Å². The number of rotatable bonds is 10. The summed E-state index contributed by atoms with van der Waals surface area (Å²) in [4.78, 5) is 10.5. The second-order valence-corrected chi connectivity index (χ2v) is 9.41. The first-order chi connectivity index (χ1) is 16.7. The van der Waals surface area contributed by atoms with Crippen molar-refractivity contribution in [2.45, 2.75) is 45.7 Å². The molecule has 2 aromatic heterocycles. The quantitative estimate of drug-likeness (QED) is 0.249. The largest absolute Gasteiger partial charge is 0.361 e. The van der Waals surface area contributed by atoms with Crippen LogP contribution in [-0.2, 0) is 19.5 Å². The molecular formula is C29H35N5. The fourth-order valence-corrected chi connectivity index (χ4v) is 5.06. The third kappa shape index (κ3) is 4.86. The van der Waals surface area contributed by atoms with E-state index in [-0.39, 0.29) is 0 Å². The van der Waals surface area contributed by atoms with E-state index in [9.17, 15) is 0 Å². The molecule has 1 aliphatic heterocycles. The Kier molecular flexibility index (Phi) is 6.93. The standard InChI is InChI=1S/C29H35N5/c1-3-15-34(2)16-7-6-8-21-11-14-29(32-17-21)33-28-13-12-22(24-18-30-19-26(24)28)25-20-31-27-10-5-4-9-23(25)27/h4-5,9-14,17,20,30-31H,3,6-8,15-16,18-19H2,1-2H3,(H,32,33). The zero-order valence-electron chi connectivity index (χ0n) is 20.3. The molecule has 0 spiro atoms. The minimum Gasteiger partial charge on any atom is -0.361 e. The van der Waals surface area contributed by atoms with Crippen molar-refractivity contribution in [2.24, 2.45) is 0 Å². The number of hydrogen-bond donors (Lipinski definition) is 3. The lowest BCUT2D eigenvalue weighted by Crippen LogP contribution is -2.20. The highest BCUT2D eigenvalue weighted by molar-refractivity contribution is 5.97. The molecule has 0 radical (unpaired) electrons. The van der Waals surface area contributed by atoms with Crippen LogP contribution in [0.2, 0.25) is 0 Å². The van der Waals surface area contributed by atoms with Gasteiger partial charge in [-0.15, -0.1) is 0 Å². The highest BCUT2D eigenvalue weighted by atomic mass is 15.1. The summed E-state index contributed by atoms with van der Waals surface area (Å²) in [5, 5.41) is 8.39. The lowest BCUT2D eigenvalue weighted by molar-refractivity contribution is 0.326. The summed E-state index contributed by atoms with van der Waals surface area (Å²) in [5.41, 5.74) is 8.91. The van der Waals surface area contributed by atoms with Crippen LogP contribution in [0.3, 0.4) is 0 Å². The van der Waals surface area contributed by atoms with Gasteiger partial charge in [0.2, 0.25) is 0 Å². The highest BCUT2D eigenvalue weighted by Crippen LogP contribution is 2.37. The van der Waals surface area contributed by atoms with Gasteiger partial charge in [-0.05, 0) is 86.3 Å². The number of hydrogen-bond acceptors (Lipinski definition) is 4. The predicted octanol–water partition coefficient (Wildman–Crippen LogP) is 6.24. The summed E-state index contributed by atoms with van der Waals surface area (Å²) >= 11 is 0. The molecule has 176 valence electrons. The van der Waals surface area contributed by atoms with Crippen molar-refractivity contribution >= 4 is 22.4 Å². The molecule has 0 amide bonds. The molecule has 3 N–H and O–H groups in total. The summed E-state index contributed by atoms with van der Waals surface area (Å²) < 4.78 is 0. The van der Waals surface area contributed by atoms with E-state index in [0.717, 1.165) is 31.0 Å². The number of pyridine rings is 1. The zero-order valence-corrected chi connectivity index (χ0v) is 20.3. The molecule has 0 aliphatic carbocycles. The van der Waals surface area contributed by atoms with Gasteiger partial charge in [0.1, 0.15) is 5.82 Å². The van der Waals surface area contributed by atoms with Crippen molar-refractivity contribution < 1.29 is 0 Å². The summed E-state index contributed by atoms with van der Waals surface area (Å²) in [6.45, 7) is 6.36. The summed E-state index contributed by atoms with van der Waals surface area (Å²) in [7, 11) is 2.21. The van der Waals surface area contributed by atoms with E-state index in [2.05, 4.69) is 89.2 Å². The Morgan fingerprint density at radius 3 is 2.68 bits per heavy atom. The van der Waals surface area contributed by atoms with Gasteiger partial charge in [0.05, 0.1) is 0 Å². The topological polar surface area (TPSA) is 56.0 Å². The number of H-pyrrole nitrogens is 1. The number of para-hydroxylation sites is 1. The first-order valence-electron chi connectivity index (χ1n) is 12.6. The molecule has 5 nitrogen and oxygen atoms in total. The number of nitrogens with one attached hydrogen (secondary N) is 3. The van der Waals surface area contributed by atoms with Gasteiger partial charge in [-0.3, -0.25) is 0 Å². The Morgan fingerprint density at radius 2 is 1.82 bits per heavy atom. The van der Waals surface area contributed by atoms with Crippen LogP contribution < -0.4 is 10.6 Å². The number of unbranched alkanes of at least 4 members (excludes halogenated alkanes) is 1. The molecule has 5 heteroatoms. The van der Waals surface area contributed by atoms with Crippen LogP contribution >= 0.6 is 0 Å². The Balaban J connectivity index is 1.27. The van der Waals surface area contributed by atoms with E-state index >= 15 is 0 Å². The normalized spacial score (nSPS) is 13.0. The van der Waals surface area contributed by atoms with E-state index in [0.29, 0.717) is 0 Å². The molecule has 0 fully saturated rings. The molecule has 34 heavy (non-hydrogen) atoms. The van der Waals surface area contributed by atoms with E-state index < -0.39 is 0 Å². The van der Waals surface area contributed by atoms with E-state index in [4.69, 9.17) is 4.98 Å². The van der Waals surface area contributed by atoms with Crippen LogP contribution in [0.4, 0.5) is 11.5 Å². The maximum absolute atomic E-state index is 4.71. The molecule has 3 heterocycles. The number of aromatic amines is 1. The fourth-order valence-electron chi connectivity index (χ4n) is 5.06. The van der Waals surface area contributed by atoms with Crippen molar-refractivity contribution in [3.63, 3.8) is 0 Å². The first-order valence-corrected chi connectivity index (χ1v) is 12.6. The molecule has 0 unspecified atom stereocenters. The second-order valence-electron chi connectivity index (χ2n) is 9.41. The highest BCUT2D eigenvalue weighted by Gasteiger charge is 2.20. The van der Waals surface area contributed by atoms with E-state index in [1.807, 2.05) is 6.20 Å². The number of aryl methyl sites for hydroxylation is 1. The van der Waals surface area contributed by atoms with Crippen LogP contribution in [0.5, 0.6) is 0 Å². The van der Waals surface area contributed by atoms with Crippen LogP contribution in [0.25, 0.3) is 22.0 Å². The Morgan fingerprint density at radius 1 is 0.941 bits per heavy atom. The van der Waals surface area contributed by atoms with Gasteiger partial charge in [-0.2, -0.15) is 0 Å². The van der Waals surface area contributed by atoms with Crippen LogP contribution in [-0.4, -0.2) is 35.0 Å². The summed E-state index contributed by atoms with van der Waals surface area (Å²) in [6, 6.07) is 17.3. The van der Waals surface area contributed by atoms with Gasteiger partial charge in [-0.25, -0.2) is 4.98 Å². The molecule has 1 aliphatic rings. The lowest BCUT2D eigenvalue weighted by atomic mass is 9.95. The fraction of sp³-hybridized carbons (Fsp3) is 0.345. The molecule has 5 rings (SSSR count). The Bertz CT molecular complexity index is 1240. The average Bonchev–Trinajstić information content (AvgIpc) is 3.51. The third-order valence-corrected chi connectivity index (χ3v) is 6.86. The molecule has 0 saturated heterocycles. The number of fused-ring (bicyclic) bond motifs is 2. The van der Waals surface area contributed by atoms with Crippen LogP contribution in [0.15, 0.2) is 60.9 Å². The van der Waals surface area contributed by atoms with Gasteiger partial charge in [0.15, 0.2) is 0 Å². The molecule has 2 aromatic carbocycles. The zero-order chi connectivity index (χ0) is 23.3. The van der Waals surface area contributed by atoms with Gasteiger partial charge in [0.25, 0.3) is 0 Å². The monoisotopic (exact) mass is 453 g/mol. The van der Waals surface area contributed by atoms with Gasteiger partial charge in [0, 0.05) is 47.6 Å². The molecular weight excluding hydrogens is 418 g/mol. The van der Waals surface area contributed by atoms with Gasteiger partial charge < -0.3 is 20.5 Å². The Hall–Kier alpha value is -3.15. The number of anilines is 2. The van der Waals surface area contributed by atoms with Gasteiger partial charge in [-0.1, -0.05) is 37.3 Å². The smallest absolute Gasteiger partial charge is 0.130 e. The number of benzene rings is 2. The predicted molar refractivity (Wildman–Crippen MR) is 143 cm³/mol. The first kappa shape index (κ1) is 22.6. The average molecular weight is 454 g/mol. The van der Waals surface area contributed by atoms with Gasteiger partial charge >= 0.3 is 0 Å². The number of nitrogens with zero attached hydrogens (tertiary/aromatic N) is 2. The number of aromatic nitrogens is 2. The molecule has 4 aromatic rings. The van der Waals surface area contributed by atoms with E-state index in [1.54, 1.807) is 0 Å². The maximum atomic E-state index is 4.71. The van der Waals surface area contributed by atoms with Crippen molar-refractivity contribution in [1.82, 2.24) is 20.2 Å². The Labute approximate surface area is 202 Å². The van der Waals surface area contributed by atoms with Crippen molar-refractivity contribution in [3.05, 3.63) is 77.6 Å². The van der Waals surface area contributed by atoms with Crippen molar-refractivity contribution in [2.75, 3.05) is 25.5 Å².